The Bertz CT molecular complexity index is 625. The van der Waals surface area contributed by atoms with Gasteiger partial charge in [-0.3, -0.25) is 0 Å². The molecule has 0 N–H and O–H groups in total. The van der Waals surface area contributed by atoms with Gasteiger partial charge in [0.1, 0.15) is 0 Å². The van der Waals surface area contributed by atoms with Crippen molar-refractivity contribution in [3.8, 4) is 5.82 Å². The SMILES string of the molecule is Cc1nn(-c2ccccn2)c2c1[C@H]1[C@H](C2)C1(C)C. The van der Waals surface area contributed by atoms with Gasteiger partial charge in [-0.2, -0.15) is 5.10 Å². The summed E-state index contributed by atoms with van der Waals surface area (Å²) >= 11 is 0. The molecule has 0 aliphatic heterocycles. The largest absolute Gasteiger partial charge is 0.237 e. The van der Waals surface area contributed by atoms with Gasteiger partial charge in [0.2, 0.25) is 0 Å². The van der Waals surface area contributed by atoms with Crippen LogP contribution in [0.4, 0.5) is 0 Å². The molecule has 92 valence electrons. The second kappa shape index (κ2) is 3.02. The van der Waals surface area contributed by atoms with E-state index in [1.807, 2.05) is 29.1 Å². The minimum Gasteiger partial charge on any atom is -0.237 e. The smallest absolute Gasteiger partial charge is 0.153 e. The maximum Gasteiger partial charge on any atom is 0.153 e. The monoisotopic (exact) mass is 239 g/mol. The standard InChI is InChI=1S/C15H17N3/c1-9-13-11(8-10-14(13)15(10,2)3)18(17-9)12-6-4-5-7-16-12/h4-7,10,14H,8H2,1-3H3/t10-,14+/m0/s1. The molecule has 2 atom stereocenters. The predicted octanol–water partition coefficient (Wildman–Crippen LogP) is 2.87. The van der Waals surface area contributed by atoms with Gasteiger partial charge in [0, 0.05) is 11.8 Å². The summed E-state index contributed by atoms with van der Waals surface area (Å²) in [6.07, 6.45) is 2.99. The van der Waals surface area contributed by atoms with Gasteiger partial charge in [-0.15, -0.1) is 0 Å². The van der Waals surface area contributed by atoms with E-state index in [2.05, 4.69) is 25.8 Å². The van der Waals surface area contributed by atoms with Gasteiger partial charge >= 0.3 is 0 Å². The van der Waals surface area contributed by atoms with Gasteiger partial charge in [0.25, 0.3) is 0 Å². The third-order valence-electron chi connectivity index (χ3n) is 4.85. The van der Waals surface area contributed by atoms with E-state index < -0.39 is 0 Å². The van der Waals surface area contributed by atoms with Gasteiger partial charge < -0.3 is 0 Å². The van der Waals surface area contributed by atoms with Crippen LogP contribution in [0.2, 0.25) is 0 Å². The van der Waals surface area contributed by atoms with Crippen molar-refractivity contribution in [2.24, 2.45) is 11.3 Å². The summed E-state index contributed by atoms with van der Waals surface area (Å²) in [6, 6.07) is 5.99. The zero-order valence-corrected chi connectivity index (χ0v) is 11.0. The Balaban J connectivity index is 1.87. The van der Waals surface area contributed by atoms with Crippen LogP contribution >= 0.6 is 0 Å². The lowest BCUT2D eigenvalue weighted by Gasteiger charge is -2.10. The highest BCUT2D eigenvalue weighted by Crippen LogP contribution is 2.70. The molecular weight excluding hydrogens is 222 g/mol. The molecular formula is C15H17N3. The van der Waals surface area contributed by atoms with Crippen molar-refractivity contribution >= 4 is 0 Å². The Hall–Kier alpha value is -1.64. The number of fused-ring (bicyclic) bond motifs is 3. The number of rotatable bonds is 1. The summed E-state index contributed by atoms with van der Waals surface area (Å²) in [5.74, 6) is 2.49. The van der Waals surface area contributed by atoms with Crippen LogP contribution in [0.1, 0.15) is 36.7 Å². The zero-order valence-electron chi connectivity index (χ0n) is 11.0. The minimum absolute atomic E-state index is 0.482. The highest BCUT2D eigenvalue weighted by molar-refractivity contribution is 5.47. The molecule has 0 radical (unpaired) electrons. The number of aryl methyl sites for hydroxylation is 1. The lowest BCUT2D eigenvalue weighted by atomic mass is 9.98. The molecule has 0 bridgehead atoms. The maximum atomic E-state index is 4.70. The van der Waals surface area contributed by atoms with Crippen LogP contribution in [0.25, 0.3) is 5.82 Å². The first-order valence-electron chi connectivity index (χ1n) is 6.60. The third-order valence-corrected chi connectivity index (χ3v) is 4.85. The lowest BCUT2D eigenvalue weighted by molar-refractivity contribution is 0.532. The molecule has 2 aliphatic carbocycles. The van der Waals surface area contributed by atoms with Crippen molar-refractivity contribution < 1.29 is 0 Å². The lowest BCUT2D eigenvalue weighted by Crippen LogP contribution is -2.07. The molecule has 2 aliphatic rings. The summed E-state index contributed by atoms with van der Waals surface area (Å²) in [6.45, 7) is 6.89. The second-order valence-electron chi connectivity index (χ2n) is 6.16. The highest BCUT2D eigenvalue weighted by atomic mass is 15.3. The molecule has 0 saturated heterocycles. The molecule has 0 aromatic carbocycles. The van der Waals surface area contributed by atoms with Crippen LogP contribution in [0.15, 0.2) is 24.4 Å². The van der Waals surface area contributed by atoms with E-state index in [1.165, 1.54) is 17.0 Å². The fourth-order valence-electron chi connectivity index (χ4n) is 3.76. The van der Waals surface area contributed by atoms with Crippen molar-refractivity contribution in [1.29, 1.82) is 0 Å². The first kappa shape index (κ1) is 10.3. The molecule has 3 nitrogen and oxygen atoms in total. The molecule has 2 aromatic heterocycles. The Morgan fingerprint density at radius 1 is 1.33 bits per heavy atom. The minimum atomic E-state index is 0.482. The summed E-state index contributed by atoms with van der Waals surface area (Å²) < 4.78 is 2.05. The van der Waals surface area contributed by atoms with Crippen molar-refractivity contribution in [3.05, 3.63) is 41.3 Å². The molecule has 4 rings (SSSR count). The molecule has 1 saturated carbocycles. The average Bonchev–Trinajstić information content (AvgIpc) is 2.74. The number of nitrogens with zero attached hydrogens (tertiary/aromatic N) is 3. The van der Waals surface area contributed by atoms with E-state index in [4.69, 9.17) is 5.10 Å². The quantitative estimate of drug-likeness (QED) is 0.766. The number of hydrogen-bond donors (Lipinski definition) is 0. The van der Waals surface area contributed by atoms with Gasteiger partial charge in [-0.25, -0.2) is 9.67 Å². The van der Waals surface area contributed by atoms with Crippen LogP contribution in [0.3, 0.4) is 0 Å². The molecule has 2 heterocycles. The Morgan fingerprint density at radius 2 is 2.17 bits per heavy atom. The van der Waals surface area contributed by atoms with E-state index in [-0.39, 0.29) is 0 Å². The molecule has 0 spiro atoms. The van der Waals surface area contributed by atoms with Crippen molar-refractivity contribution in [2.45, 2.75) is 33.1 Å². The van der Waals surface area contributed by atoms with E-state index in [9.17, 15) is 0 Å². The molecule has 0 unspecified atom stereocenters. The summed E-state index contributed by atoms with van der Waals surface area (Å²) in [7, 11) is 0. The second-order valence-corrected chi connectivity index (χ2v) is 6.16. The first-order valence-corrected chi connectivity index (χ1v) is 6.60. The van der Waals surface area contributed by atoms with Crippen molar-refractivity contribution in [1.82, 2.24) is 14.8 Å². The van der Waals surface area contributed by atoms with E-state index in [0.29, 0.717) is 5.41 Å². The zero-order chi connectivity index (χ0) is 12.5. The fourth-order valence-corrected chi connectivity index (χ4v) is 3.76. The first-order chi connectivity index (χ1) is 8.60. The van der Waals surface area contributed by atoms with E-state index in [0.717, 1.165) is 24.1 Å². The number of hydrogen-bond acceptors (Lipinski definition) is 2. The van der Waals surface area contributed by atoms with Gasteiger partial charge in [-0.05, 0) is 42.7 Å². The predicted molar refractivity (Wildman–Crippen MR) is 69.8 cm³/mol. The van der Waals surface area contributed by atoms with Gasteiger partial charge in [-0.1, -0.05) is 19.9 Å². The summed E-state index contributed by atoms with van der Waals surface area (Å²) in [5, 5.41) is 4.70. The van der Waals surface area contributed by atoms with Crippen LogP contribution < -0.4 is 0 Å². The Kier molecular flexibility index (Phi) is 1.73. The van der Waals surface area contributed by atoms with Crippen LogP contribution in [0, 0.1) is 18.3 Å². The molecule has 2 aromatic rings. The molecule has 3 heteroatoms. The summed E-state index contributed by atoms with van der Waals surface area (Å²) in [5.41, 5.74) is 4.56. The van der Waals surface area contributed by atoms with E-state index >= 15 is 0 Å². The maximum absolute atomic E-state index is 4.70. The van der Waals surface area contributed by atoms with Crippen LogP contribution in [0.5, 0.6) is 0 Å². The molecule has 1 fully saturated rings. The molecule has 18 heavy (non-hydrogen) atoms. The fraction of sp³-hybridized carbons (Fsp3) is 0.467. The van der Waals surface area contributed by atoms with Gasteiger partial charge in [0.15, 0.2) is 5.82 Å². The number of pyridine rings is 1. The van der Waals surface area contributed by atoms with Crippen molar-refractivity contribution in [3.63, 3.8) is 0 Å². The normalized spacial score (nSPS) is 26.8. The third kappa shape index (κ3) is 1.10. The topological polar surface area (TPSA) is 30.7 Å². The van der Waals surface area contributed by atoms with E-state index in [1.54, 1.807) is 0 Å². The summed E-state index contributed by atoms with van der Waals surface area (Å²) in [4.78, 5) is 4.42. The number of aromatic nitrogens is 3. The van der Waals surface area contributed by atoms with Crippen LogP contribution in [-0.4, -0.2) is 14.8 Å². The Labute approximate surface area is 107 Å². The molecule has 0 amide bonds. The van der Waals surface area contributed by atoms with Crippen molar-refractivity contribution in [2.75, 3.05) is 0 Å². The van der Waals surface area contributed by atoms with Crippen LogP contribution in [-0.2, 0) is 6.42 Å². The van der Waals surface area contributed by atoms with Gasteiger partial charge in [0.05, 0.1) is 11.4 Å². The highest BCUT2D eigenvalue weighted by Gasteiger charge is 2.63. The Morgan fingerprint density at radius 3 is 2.89 bits per heavy atom. The average molecular weight is 239 g/mol.